The molecular weight excluding hydrogens is 328 g/mol. The number of hydrogen-bond acceptors (Lipinski definition) is 3. The third-order valence-electron chi connectivity index (χ3n) is 5.50. The molecule has 0 spiro atoms. The number of esters is 1. The molecule has 1 aliphatic carbocycles. The Bertz CT molecular complexity index is 605. The highest BCUT2D eigenvalue weighted by molar-refractivity contribution is 5.84. The number of urea groups is 1. The van der Waals surface area contributed by atoms with E-state index in [0.717, 1.165) is 37.7 Å². The van der Waals surface area contributed by atoms with Gasteiger partial charge >= 0.3 is 12.0 Å². The number of hydrogen-bond donors (Lipinski definition) is 1. The zero-order valence-electron chi connectivity index (χ0n) is 15.8. The van der Waals surface area contributed by atoms with Crippen LogP contribution in [-0.4, -0.2) is 35.0 Å². The van der Waals surface area contributed by atoms with Gasteiger partial charge in [0.2, 0.25) is 0 Å². The molecule has 0 aromatic heterocycles. The van der Waals surface area contributed by atoms with Crippen molar-refractivity contribution in [2.45, 2.75) is 77.1 Å². The first-order valence-corrected chi connectivity index (χ1v) is 9.84. The number of ether oxygens (including phenoxy) is 1. The molecule has 1 aliphatic heterocycles. The summed E-state index contributed by atoms with van der Waals surface area (Å²) in [4.78, 5) is 27.3. The molecule has 1 heterocycles. The minimum Gasteiger partial charge on any atom is -0.459 e. The Balaban J connectivity index is 1.59. The van der Waals surface area contributed by atoms with Gasteiger partial charge in [-0.05, 0) is 51.0 Å². The van der Waals surface area contributed by atoms with Gasteiger partial charge in [-0.2, -0.15) is 0 Å². The molecule has 2 aliphatic rings. The second-order valence-corrected chi connectivity index (χ2v) is 7.81. The molecular formula is C21H30N2O3. The molecule has 26 heavy (non-hydrogen) atoms. The zero-order chi connectivity index (χ0) is 18.5. The lowest BCUT2D eigenvalue weighted by molar-refractivity contribution is -0.147. The van der Waals surface area contributed by atoms with E-state index in [1.165, 1.54) is 0 Å². The summed E-state index contributed by atoms with van der Waals surface area (Å²) in [6.07, 6.45) is 6.13. The van der Waals surface area contributed by atoms with Crippen molar-refractivity contribution < 1.29 is 14.3 Å². The Labute approximate surface area is 156 Å². The summed E-state index contributed by atoms with van der Waals surface area (Å²) in [5.74, 6) is 0.201. The van der Waals surface area contributed by atoms with E-state index < -0.39 is 6.04 Å². The molecule has 1 aromatic rings. The van der Waals surface area contributed by atoms with E-state index in [-0.39, 0.29) is 30.7 Å². The van der Waals surface area contributed by atoms with Crippen LogP contribution in [0.25, 0.3) is 0 Å². The molecule has 3 atom stereocenters. The van der Waals surface area contributed by atoms with E-state index in [4.69, 9.17) is 4.74 Å². The van der Waals surface area contributed by atoms with Crippen molar-refractivity contribution in [1.82, 2.24) is 10.2 Å². The molecule has 1 saturated heterocycles. The Morgan fingerprint density at radius 2 is 1.77 bits per heavy atom. The van der Waals surface area contributed by atoms with Crippen LogP contribution in [0, 0.1) is 5.92 Å². The zero-order valence-corrected chi connectivity index (χ0v) is 15.8. The maximum absolute atomic E-state index is 12.8. The molecule has 0 unspecified atom stereocenters. The van der Waals surface area contributed by atoms with Crippen LogP contribution in [0.1, 0.15) is 57.9 Å². The maximum Gasteiger partial charge on any atom is 0.329 e. The van der Waals surface area contributed by atoms with Crippen molar-refractivity contribution in [1.29, 1.82) is 0 Å². The van der Waals surface area contributed by atoms with Gasteiger partial charge in [0.05, 0.1) is 0 Å². The number of piperidine rings is 1. The summed E-state index contributed by atoms with van der Waals surface area (Å²) in [7, 11) is 0. The molecule has 0 radical (unpaired) electrons. The smallest absolute Gasteiger partial charge is 0.329 e. The SMILES string of the molecule is C[C@@H]1CCC[C@H](C)N1C(=O)N[C@@H](CC1CC1)C(=O)OCc1ccccc1. The Kier molecular flexibility index (Phi) is 6.17. The summed E-state index contributed by atoms with van der Waals surface area (Å²) >= 11 is 0. The molecule has 2 amide bonds. The van der Waals surface area contributed by atoms with Crippen LogP contribution in [0.2, 0.25) is 0 Å². The number of benzene rings is 1. The number of likely N-dealkylation sites (tertiary alicyclic amines) is 1. The van der Waals surface area contributed by atoms with Crippen LogP contribution in [0.3, 0.4) is 0 Å². The number of carbonyl (C=O) groups excluding carboxylic acids is 2. The summed E-state index contributed by atoms with van der Waals surface area (Å²) in [6.45, 7) is 4.41. The van der Waals surface area contributed by atoms with E-state index in [9.17, 15) is 9.59 Å². The highest BCUT2D eigenvalue weighted by Gasteiger charge is 2.35. The van der Waals surface area contributed by atoms with Gasteiger partial charge in [-0.25, -0.2) is 9.59 Å². The van der Waals surface area contributed by atoms with Crippen LogP contribution < -0.4 is 5.32 Å². The van der Waals surface area contributed by atoms with E-state index >= 15 is 0 Å². The minimum atomic E-state index is -0.556. The number of carbonyl (C=O) groups is 2. The summed E-state index contributed by atoms with van der Waals surface area (Å²) < 4.78 is 5.49. The van der Waals surface area contributed by atoms with E-state index in [1.54, 1.807) is 0 Å². The summed E-state index contributed by atoms with van der Waals surface area (Å²) in [6, 6.07) is 9.37. The van der Waals surface area contributed by atoms with Crippen molar-refractivity contribution in [3.05, 3.63) is 35.9 Å². The average Bonchev–Trinajstić information content (AvgIpc) is 3.44. The van der Waals surface area contributed by atoms with Gasteiger partial charge in [0.15, 0.2) is 0 Å². The molecule has 5 heteroatoms. The van der Waals surface area contributed by atoms with Crippen molar-refractivity contribution in [2.24, 2.45) is 5.92 Å². The summed E-state index contributed by atoms with van der Waals surface area (Å²) in [5.41, 5.74) is 0.954. The van der Waals surface area contributed by atoms with Crippen LogP contribution in [0.5, 0.6) is 0 Å². The first-order valence-electron chi connectivity index (χ1n) is 9.84. The molecule has 3 rings (SSSR count). The molecule has 142 valence electrons. The third-order valence-corrected chi connectivity index (χ3v) is 5.50. The number of nitrogens with one attached hydrogen (secondary N) is 1. The van der Waals surface area contributed by atoms with Crippen LogP contribution in [-0.2, 0) is 16.1 Å². The van der Waals surface area contributed by atoms with Gasteiger partial charge in [0.25, 0.3) is 0 Å². The molecule has 1 N–H and O–H groups in total. The second kappa shape index (κ2) is 8.56. The Morgan fingerprint density at radius 3 is 2.38 bits per heavy atom. The topological polar surface area (TPSA) is 58.6 Å². The fraction of sp³-hybridized carbons (Fsp3) is 0.619. The maximum atomic E-state index is 12.8. The van der Waals surface area contributed by atoms with Gasteiger partial charge < -0.3 is 15.0 Å². The van der Waals surface area contributed by atoms with Gasteiger partial charge in [-0.15, -0.1) is 0 Å². The lowest BCUT2D eigenvalue weighted by Gasteiger charge is -2.39. The largest absolute Gasteiger partial charge is 0.459 e. The molecule has 1 saturated carbocycles. The normalized spacial score (nSPS) is 24.0. The van der Waals surface area contributed by atoms with E-state index in [0.29, 0.717) is 12.3 Å². The van der Waals surface area contributed by atoms with E-state index in [2.05, 4.69) is 19.2 Å². The second-order valence-electron chi connectivity index (χ2n) is 7.81. The van der Waals surface area contributed by atoms with Crippen LogP contribution in [0.4, 0.5) is 4.79 Å². The van der Waals surface area contributed by atoms with E-state index in [1.807, 2.05) is 35.2 Å². The average molecular weight is 358 g/mol. The molecule has 5 nitrogen and oxygen atoms in total. The lowest BCUT2D eigenvalue weighted by atomic mass is 9.98. The van der Waals surface area contributed by atoms with Gasteiger partial charge in [0, 0.05) is 12.1 Å². The number of rotatable bonds is 6. The third kappa shape index (κ3) is 4.99. The first kappa shape index (κ1) is 18.7. The standard InChI is InChI=1S/C21H30N2O3/c1-15-7-6-8-16(2)23(15)21(25)22-19(13-17-11-12-17)20(24)26-14-18-9-4-3-5-10-18/h3-5,9-10,15-17,19H,6-8,11-14H2,1-2H3,(H,22,25)/t15-,16+,19-/m0/s1. The Hall–Kier alpha value is -2.04. The van der Waals surface area contributed by atoms with Crippen molar-refractivity contribution in [3.8, 4) is 0 Å². The van der Waals surface area contributed by atoms with Gasteiger partial charge in [0.1, 0.15) is 12.6 Å². The predicted octanol–water partition coefficient (Wildman–Crippen LogP) is 3.87. The van der Waals surface area contributed by atoms with Gasteiger partial charge in [-0.1, -0.05) is 43.2 Å². The molecule has 0 bridgehead atoms. The number of nitrogens with zero attached hydrogens (tertiary/aromatic N) is 1. The quantitative estimate of drug-likeness (QED) is 0.785. The van der Waals surface area contributed by atoms with Crippen LogP contribution >= 0.6 is 0 Å². The lowest BCUT2D eigenvalue weighted by Crippen LogP contribution is -2.55. The minimum absolute atomic E-state index is 0.132. The van der Waals surface area contributed by atoms with Crippen LogP contribution in [0.15, 0.2) is 30.3 Å². The van der Waals surface area contributed by atoms with Crippen molar-refractivity contribution >= 4 is 12.0 Å². The fourth-order valence-corrected chi connectivity index (χ4v) is 3.78. The van der Waals surface area contributed by atoms with Crippen molar-refractivity contribution in [3.63, 3.8) is 0 Å². The highest BCUT2D eigenvalue weighted by atomic mass is 16.5. The predicted molar refractivity (Wildman–Crippen MR) is 101 cm³/mol. The highest BCUT2D eigenvalue weighted by Crippen LogP contribution is 2.34. The number of amides is 2. The Morgan fingerprint density at radius 1 is 1.12 bits per heavy atom. The van der Waals surface area contributed by atoms with Gasteiger partial charge in [-0.3, -0.25) is 0 Å². The summed E-state index contributed by atoms with van der Waals surface area (Å²) in [5, 5.41) is 2.97. The monoisotopic (exact) mass is 358 g/mol. The molecule has 2 fully saturated rings. The fourth-order valence-electron chi connectivity index (χ4n) is 3.78. The first-order chi connectivity index (χ1) is 12.5. The van der Waals surface area contributed by atoms with Crippen molar-refractivity contribution in [2.75, 3.05) is 0 Å². The molecule has 1 aromatic carbocycles.